The molecule has 1 rings (SSSR count). The van der Waals surface area contributed by atoms with Crippen LogP contribution in [0.15, 0.2) is 0 Å². The van der Waals surface area contributed by atoms with E-state index in [1.807, 2.05) is 13.8 Å². The molecular weight excluding hydrogens is 236 g/mol. The summed E-state index contributed by atoms with van der Waals surface area (Å²) in [6.07, 6.45) is 0.741. The average Bonchev–Trinajstić information content (AvgIpc) is 2.78. The summed E-state index contributed by atoms with van der Waals surface area (Å²) in [6.45, 7) is 5.01. The number of carbonyl (C=O) groups is 2. The van der Waals surface area contributed by atoms with Crippen LogP contribution in [-0.2, 0) is 9.59 Å². The number of aliphatic hydroxyl groups is 1. The van der Waals surface area contributed by atoms with Gasteiger partial charge in [0.15, 0.2) is 0 Å². The first kappa shape index (κ1) is 14.9. The molecule has 104 valence electrons. The number of nitrogens with one attached hydrogen (secondary N) is 2. The first-order valence-corrected chi connectivity index (χ1v) is 6.29. The maximum absolute atomic E-state index is 12.3. The van der Waals surface area contributed by atoms with Gasteiger partial charge < -0.3 is 20.8 Å². The summed E-state index contributed by atoms with van der Waals surface area (Å²) in [5.41, 5.74) is -0.539. The van der Waals surface area contributed by atoms with Crippen molar-refractivity contribution in [3.63, 3.8) is 0 Å². The summed E-state index contributed by atoms with van der Waals surface area (Å²) < 4.78 is 0. The summed E-state index contributed by atoms with van der Waals surface area (Å²) in [5.74, 6) is -1.21. The van der Waals surface area contributed by atoms with E-state index >= 15 is 0 Å². The van der Waals surface area contributed by atoms with E-state index in [1.165, 1.54) is 0 Å². The highest BCUT2D eigenvalue weighted by atomic mass is 16.4. The van der Waals surface area contributed by atoms with Crippen molar-refractivity contribution in [1.29, 1.82) is 0 Å². The topological polar surface area (TPSA) is 98.7 Å². The molecule has 0 aromatic heterocycles. The third-order valence-electron chi connectivity index (χ3n) is 3.77. The van der Waals surface area contributed by atoms with E-state index in [9.17, 15) is 9.59 Å². The third-order valence-corrected chi connectivity index (χ3v) is 3.77. The van der Waals surface area contributed by atoms with E-state index in [-0.39, 0.29) is 24.9 Å². The minimum atomic E-state index is -1.11. The van der Waals surface area contributed by atoms with Crippen LogP contribution in [0.25, 0.3) is 0 Å². The molecule has 0 aromatic carbocycles. The number of hydrogen-bond acceptors (Lipinski definition) is 4. The molecule has 0 aliphatic carbocycles. The van der Waals surface area contributed by atoms with Gasteiger partial charge in [-0.2, -0.15) is 0 Å². The molecule has 1 fully saturated rings. The van der Waals surface area contributed by atoms with Crippen LogP contribution < -0.4 is 10.6 Å². The number of amides is 1. The maximum Gasteiger partial charge on any atom is 0.326 e. The van der Waals surface area contributed by atoms with E-state index in [4.69, 9.17) is 10.2 Å². The maximum atomic E-state index is 12.3. The highest BCUT2D eigenvalue weighted by Gasteiger charge is 2.44. The van der Waals surface area contributed by atoms with E-state index in [0.717, 1.165) is 6.54 Å². The van der Waals surface area contributed by atoms with Gasteiger partial charge in [0.25, 0.3) is 0 Å². The van der Waals surface area contributed by atoms with Gasteiger partial charge >= 0.3 is 5.97 Å². The molecule has 18 heavy (non-hydrogen) atoms. The van der Waals surface area contributed by atoms with Gasteiger partial charge in [0.2, 0.25) is 5.91 Å². The van der Waals surface area contributed by atoms with Crippen molar-refractivity contribution in [1.82, 2.24) is 10.6 Å². The van der Waals surface area contributed by atoms with Gasteiger partial charge in [-0.25, -0.2) is 4.79 Å². The van der Waals surface area contributed by atoms with Crippen LogP contribution >= 0.6 is 0 Å². The second kappa shape index (κ2) is 6.15. The number of carboxylic acid groups (broad SMARTS) is 1. The Morgan fingerprint density at radius 3 is 2.50 bits per heavy atom. The van der Waals surface area contributed by atoms with E-state index in [2.05, 4.69) is 10.6 Å². The second-order valence-electron chi connectivity index (χ2n) is 5.11. The number of carboxylic acids is 1. The number of aliphatic carboxylic acids is 1. The Balaban J connectivity index is 2.75. The van der Waals surface area contributed by atoms with Crippen molar-refractivity contribution in [3.8, 4) is 0 Å². The van der Waals surface area contributed by atoms with Crippen LogP contribution in [0.1, 0.15) is 26.7 Å². The molecule has 6 heteroatoms. The SMILES string of the molecule is CC(C)C1(C(=O)NC(CCO)C(=O)O)CCNC1. The van der Waals surface area contributed by atoms with Crippen molar-refractivity contribution in [2.45, 2.75) is 32.7 Å². The van der Waals surface area contributed by atoms with E-state index in [1.54, 1.807) is 0 Å². The minimum Gasteiger partial charge on any atom is -0.480 e. The van der Waals surface area contributed by atoms with Crippen molar-refractivity contribution in [3.05, 3.63) is 0 Å². The van der Waals surface area contributed by atoms with Gasteiger partial charge in [-0.15, -0.1) is 0 Å². The van der Waals surface area contributed by atoms with E-state index in [0.29, 0.717) is 13.0 Å². The first-order chi connectivity index (χ1) is 8.44. The molecule has 1 aliphatic rings. The van der Waals surface area contributed by atoms with E-state index < -0.39 is 17.4 Å². The Morgan fingerprint density at radius 2 is 2.11 bits per heavy atom. The molecule has 0 aromatic rings. The standard InChI is InChI=1S/C12H22N2O4/c1-8(2)12(4-5-13-7-12)11(18)14-9(3-6-15)10(16)17/h8-9,13,15H,3-7H2,1-2H3,(H,14,18)(H,16,17). The summed E-state index contributed by atoms with van der Waals surface area (Å²) in [5, 5.41) is 23.5. The fourth-order valence-electron chi connectivity index (χ4n) is 2.35. The van der Waals surface area contributed by atoms with Crippen molar-refractivity contribution >= 4 is 11.9 Å². The molecule has 1 heterocycles. The van der Waals surface area contributed by atoms with Gasteiger partial charge in [0.05, 0.1) is 5.41 Å². The Kier molecular flexibility index (Phi) is 5.10. The average molecular weight is 258 g/mol. The summed E-state index contributed by atoms with van der Waals surface area (Å²) in [4.78, 5) is 23.3. The lowest BCUT2D eigenvalue weighted by molar-refractivity contribution is -0.144. The zero-order chi connectivity index (χ0) is 13.8. The lowest BCUT2D eigenvalue weighted by Gasteiger charge is -2.32. The quantitative estimate of drug-likeness (QED) is 0.518. The van der Waals surface area contributed by atoms with Crippen LogP contribution in [0.3, 0.4) is 0 Å². The molecule has 0 radical (unpaired) electrons. The molecule has 0 spiro atoms. The number of rotatable bonds is 6. The normalized spacial score (nSPS) is 25.1. The third kappa shape index (κ3) is 3.00. The Hall–Kier alpha value is -1.14. The molecule has 1 amide bonds. The zero-order valence-electron chi connectivity index (χ0n) is 10.9. The summed E-state index contributed by atoms with van der Waals surface area (Å²) in [7, 11) is 0. The van der Waals surface area contributed by atoms with Crippen LogP contribution in [0, 0.1) is 11.3 Å². The van der Waals surface area contributed by atoms with Crippen LogP contribution in [0.4, 0.5) is 0 Å². The number of aliphatic hydroxyl groups excluding tert-OH is 1. The summed E-state index contributed by atoms with van der Waals surface area (Å²) >= 11 is 0. The predicted molar refractivity (Wildman–Crippen MR) is 66.0 cm³/mol. The highest BCUT2D eigenvalue weighted by molar-refractivity contribution is 5.88. The fraction of sp³-hybridized carbons (Fsp3) is 0.833. The molecule has 1 aliphatic heterocycles. The Morgan fingerprint density at radius 1 is 1.44 bits per heavy atom. The zero-order valence-corrected chi connectivity index (χ0v) is 10.9. The van der Waals surface area contributed by atoms with Gasteiger partial charge in [-0.05, 0) is 18.9 Å². The molecule has 6 nitrogen and oxygen atoms in total. The van der Waals surface area contributed by atoms with Crippen LogP contribution in [0.2, 0.25) is 0 Å². The number of carbonyl (C=O) groups excluding carboxylic acids is 1. The molecule has 4 N–H and O–H groups in total. The molecular formula is C12H22N2O4. The molecule has 2 atom stereocenters. The second-order valence-corrected chi connectivity index (χ2v) is 5.11. The smallest absolute Gasteiger partial charge is 0.326 e. The predicted octanol–water partition coefficient (Wildman–Crippen LogP) is -0.426. The Bertz CT molecular complexity index is 311. The summed E-state index contributed by atoms with van der Waals surface area (Å²) in [6, 6.07) is -1.02. The largest absolute Gasteiger partial charge is 0.480 e. The van der Waals surface area contributed by atoms with Gasteiger partial charge in [0, 0.05) is 19.6 Å². The Labute approximate surface area is 107 Å². The van der Waals surface area contributed by atoms with Crippen molar-refractivity contribution < 1.29 is 19.8 Å². The van der Waals surface area contributed by atoms with Crippen molar-refractivity contribution in [2.24, 2.45) is 11.3 Å². The van der Waals surface area contributed by atoms with Gasteiger partial charge in [0.1, 0.15) is 6.04 Å². The van der Waals surface area contributed by atoms with Gasteiger partial charge in [-0.3, -0.25) is 4.79 Å². The van der Waals surface area contributed by atoms with Crippen LogP contribution in [0.5, 0.6) is 0 Å². The first-order valence-electron chi connectivity index (χ1n) is 6.29. The minimum absolute atomic E-state index is 0.0304. The van der Waals surface area contributed by atoms with Crippen LogP contribution in [-0.4, -0.2) is 47.8 Å². The van der Waals surface area contributed by atoms with Gasteiger partial charge in [-0.1, -0.05) is 13.8 Å². The molecule has 0 bridgehead atoms. The molecule has 2 unspecified atom stereocenters. The monoisotopic (exact) mass is 258 g/mol. The highest BCUT2D eigenvalue weighted by Crippen LogP contribution is 2.34. The molecule has 0 saturated carbocycles. The van der Waals surface area contributed by atoms with Crippen molar-refractivity contribution in [2.75, 3.05) is 19.7 Å². The lowest BCUT2D eigenvalue weighted by atomic mass is 9.75. The molecule has 1 saturated heterocycles. The lowest BCUT2D eigenvalue weighted by Crippen LogP contribution is -2.51. The fourth-order valence-corrected chi connectivity index (χ4v) is 2.35. The number of hydrogen-bond donors (Lipinski definition) is 4.